The number of amides is 1. The van der Waals surface area contributed by atoms with E-state index in [1.807, 2.05) is 43.6 Å². The van der Waals surface area contributed by atoms with Gasteiger partial charge in [0.05, 0.1) is 28.3 Å². The number of nitrogens with one attached hydrogen (secondary N) is 2. The van der Waals surface area contributed by atoms with Crippen molar-refractivity contribution in [1.29, 1.82) is 0 Å². The molecular weight excluding hydrogens is 474 g/mol. The van der Waals surface area contributed by atoms with Crippen molar-refractivity contribution >= 4 is 51.4 Å². The second kappa shape index (κ2) is 9.79. The zero-order chi connectivity index (χ0) is 25.4. The van der Waals surface area contributed by atoms with Crippen molar-refractivity contribution in [3.8, 4) is 11.3 Å². The molecule has 5 rings (SSSR count). The van der Waals surface area contributed by atoms with Crippen LogP contribution in [0.4, 0.5) is 23.0 Å². The lowest BCUT2D eigenvalue weighted by atomic mass is 10.1. The van der Waals surface area contributed by atoms with E-state index in [9.17, 15) is 4.79 Å². The number of anilines is 4. The van der Waals surface area contributed by atoms with E-state index in [1.54, 1.807) is 6.20 Å². The summed E-state index contributed by atoms with van der Waals surface area (Å²) < 4.78 is 2.06. The first-order valence-corrected chi connectivity index (χ1v) is 12.3. The zero-order valence-corrected chi connectivity index (χ0v) is 21.7. The summed E-state index contributed by atoms with van der Waals surface area (Å²) >= 11 is 6.53. The van der Waals surface area contributed by atoms with E-state index in [-0.39, 0.29) is 5.91 Å². The third-order valence-electron chi connectivity index (χ3n) is 6.69. The van der Waals surface area contributed by atoms with Crippen molar-refractivity contribution in [3.05, 3.63) is 59.9 Å². The minimum atomic E-state index is -0.113. The molecule has 2 N–H and O–H groups in total. The Kier molecular flexibility index (Phi) is 6.55. The van der Waals surface area contributed by atoms with E-state index in [0.29, 0.717) is 22.7 Å². The monoisotopic (exact) mass is 503 g/mol. The highest BCUT2D eigenvalue weighted by Crippen LogP contribution is 2.35. The van der Waals surface area contributed by atoms with Crippen molar-refractivity contribution in [3.63, 3.8) is 0 Å². The molecule has 1 amide bonds. The third kappa shape index (κ3) is 4.74. The summed E-state index contributed by atoms with van der Waals surface area (Å²) in [5.74, 6) is 0.315. The summed E-state index contributed by atoms with van der Waals surface area (Å²) in [6.07, 6.45) is 4.73. The number of para-hydroxylation sites is 1. The van der Waals surface area contributed by atoms with E-state index in [4.69, 9.17) is 16.6 Å². The predicted octanol–water partition coefficient (Wildman–Crippen LogP) is 5.13. The van der Waals surface area contributed by atoms with E-state index in [2.05, 4.69) is 56.2 Å². The number of nitrogens with zero attached hydrogens (tertiary/aromatic N) is 5. The van der Waals surface area contributed by atoms with Gasteiger partial charge in [0.2, 0.25) is 11.9 Å². The Morgan fingerprint density at radius 2 is 2.00 bits per heavy atom. The lowest BCUT2D eigenvalue weighted by Gasteiger charge is -2.24. The number of rotatable bonds is 6. The quantitative estimate of drug-likeness (QED) is 0.380. The highest BCUT2D eigenvalue weighted by molar-refractivity contribution is 6.33. The highest BCUT2D eigenvalue weighted by Gasteiger charge is 2.26. The van der Waals surface area contributed by atoms with Gasteiger partial charge >= 0.3 is 0 Å². The van der Waals surface area contributed by atoms with Gasteiger partial charge < -0.3 is 25.0 Å². The number of likely N-dealkylation sites (N-methyl/N-ethyl adjacent to an activating group) is 1. The average molecular weight is 504 g/mol. The van der Waals surface area contributed by atoms with E-state index in [0.717, 1.165) is 53.0 Å². The van der Waals surface area contributed by atoms with Crippen LogP contribution in [0.2, 0.25) is 5.02 Å². The molecule has 4 aromatic rings. The molecule has 36 heavy (non-hydrogen) atoms. The molecular formula is C27H30ClN7O. The predicted molar refractivity (Wildman–Crippen MR) is 147 cm³/mol. The van der Waals surface area contributed by atoms with Gasteiger partial charge in [-0.25, -0.2) is 9.97 Å². The molecule has 1 atom stereocenters. The first-order chi connectivity index (χ1) is 17.3. The van der Waals surface area contributed by atoms with Crippen molar-refractivity contribution in [2.24, 2.45) is 7.05 Å². The van der Waals surface area contributed by atoms with Crippen LogP contribution in [0, 0.1) is 0 Å². The van der Waals surface area contributed by atoms with Gasteiger partial charge in [0, 0.05) is 61.5 Å². The van der Waals surface area contributed by atoms with Crippen LogP contribution in [0.5, 0.6) is 0 Å². The van der Waals surface area contributed by atoms with Gasteiger partial charge in [-0.1, -0.05) is 29.8 Å². The fourth-order valence-corrected chi connectivity index (χ4v) is 5.03. The summed E-state index contributed by atoms with van der Waals surface area (Å²) in [7, 11) is 6.22. The normalized spacial score (nSPS) is 15.6. The summed E-state index contributed by atoms with van der Waals surface area (Å²) in [6.45, 7) is 3.38. The van der Waals surface area contributed by atoms with Crippen molar-refractivity contribution < 1.29 is 4.79 Å². The molecule has 0 saturated carbocycles. The van der Waals surface area contributed by atoms with Crippen LogP contribution in [-0.2, 0) is 11.8 Å². The van der Waals surface area contributed by atoms with E-state index in [1.165, 1.54) is 6.92 Å². The number of fused-ring (bicyclic) bond motifs is 1. The van der Waals surface area contributed by atoms with Gasteiger partial charge in [0.25, 0.3) is 0 Å². The SMILES string of the molecule is CC(=O)Nc1cc(Nc2ncc(Cl)c(-c3cn(C)c4ccccc34)n2)ccc1N1CCC(N(C)C)C1. The van der Waals surface area contributed by atoms with Crippen LogP contribution in [0.25, 0.3) is 22.2 Å². The Bertz CT molecular complexity index is 1430. The second-order valence-corrected chi connectivity index (χ2v) is 9.86. The molecule has 186 valence electrons. The minimum Gasteiger partial charge on any atom is -0.368 e. The number of carbonyl (C=O) groups is 1. The molecule has 1 aliphatic rings. The van der Waals surface area contributed by atoms with Gasteiger partial charge in [0.15, 0.2) is 0 Å². The maximum Gasteiger partial charge on any atom is 0.227 e. The Labute approximate surface area is 215 Å². The molecule has 3 heterocycles. The number of benzene rings is 2. The summed E-state index contributed by atoms with van der Waals surface area (Å²) in [4.78, 5) is 25.7. The molecule has 1 fully saturated rings. The van der Waals surface area contributed by atoms with Crippen LogP contribution in [0.3, 0.4) is 0 Å². The standard InChI is InChI=1S/C27H30ClN7O/c1-17(36)30-23-13-18(9-10-25(23)35-12-11-19(15-35)33(2)3)31-27-29-14-22(28)26(32-27)21-16-34(4)24-8-6-5-7-20(21)24/h5-10,13-14,16,19H,11-12,15H2,1-4H3,(H,30,36)(H,29,31,32). The fraction of sp³-hybridized carbons (Fsp3) is 0.296. The van der Waals surface area contributed by atoms with Crippen molar-refractivity contribution in [2.45, 2.75) is 19.4 Å². The van der Waals surface area contributed by atoms with E-state index < -0.39 is 0 Å². The summed E-state index contributed by atoms with van der Waals surface area (Å²) in [5, 5.41) is 7.84. The number of halogens is 1. The van der Waals surface area contributed by atoms with Crippen LogP contribution < -0.4 is 15.5 Å². The lowest BCUT2D eigenvalue weighted by Crippen LogP contribution is -2.31. The highest BCUT2D eigenvalue weighted by atomic mass is 35.5. The molecule has 0 radical (unpaired) electrons. The largest absolute Gasteiger partial charge is 0.368 e. The van der Waals surface area contributed by atoms with E-state index >= 15 is 0 Å². The average Bonchev–Trinajstić information content (AvgIpc) is 3.46. The second-order valence-electron chi connectivity index (χ2n) is 9.45. The minimum absolute atomic E-state index is 0.113. The molecule has 0 spiro atoms. The summed E-state index contributed by atoms with van der Waals surface area (Å²) in [5.41, 5.74) is 5.25. The first-order valence-electron chi connectivity index (χ1n) is 12.0. The molecule has 2 aromatic heterocycles. The van der Waals surface area contributed by atoms with Crippen LogP contribution >= 0.6 is 11.6 Å². The summed E-state index contributed by atoms with van der Waals surface area (Å²) in [6, 6.07) is 14.6. The number of hydrogen-bond acceptors (Lipinski definition) is 6. The van der Waals surface area contributed by atoms with Gasteiger partial charge in [0.1, 0.15) is 0 Å². The van der Waals surface area contributed by atoms with Crippen LogP contribution in [-0.4, -0.2) is 58.6 Å². The third-order valence-corrected chi connectivity index (χ3v) is 6.97. The van der Waals surface area contributed by atoms with Crippen LogP contribution in [0.1, 0.15) is 13.3 Å². The molecule has 1 saturated heterocycles. The Hall–Kier alpha value is -3.62. The van der Waals surface area contributed by atoms with Gasteiger partial charge in [-0.05, 0) is 44.8 Å². The number of carbonyl (C=O) groups excluding carboxylic acids is 1. The first kappa shape index (κ1) is 24.1. The Morgan fingerprint density at radius 3 is 2.75 bits per heavy atom. The zero-order valence-electron chi connectivity index (χ0n) is 20.9. The molecule has 1 unspecified atom stereocenters. The molecule has 0 aliphatic carbocycles. The molecule has 1 aliphatic heterocycles. The maximum absolute atomic E-state index is 12.0. The molecule has 2 aromatic carbocycles. The Balaban J connectivity index is 1.46. The lowest BCUT2D eigenvalue weighted by molar-refractivity contribution is -0.114. The smallest absolute Gasteiger partial charge is 0.227 e. The fourth-order valence-electron chi connectivity index (χ4n) is 4.84. The van der Waals surface area contributed by atoms with Crippen molar-refractivity contribution in [2.75, 3.05) is 42.7 Å². The van der Waals surface area contributed by atoms with Crippen LogP contribution in [0.15, 0.2) is 54.9 Å². The number of hydrogen-bond donors (Lipinski definition) is 2. The molecule has 9 heteroatoms. The molecule has 0 bridgehead atoms. The van der Waals surface area contributed by atoms with Gasteiger partial charge in [-0.3, -0.25) is 4.79 Å². The van der Waals surface area contributed by atoms with Crippen molar-refractivity contribution in [1.82, 2.24) is 19.4 Å². The maximum atomic E-state index is 12.0. The van der Waals surface area contributed by atoms with Gasteiger partial charge in [-0.2, -0.15) is 0 Å². The topological polar surface area (TPSA) is 78.3 Å². The number of aromatic nitrogens is 3. The molecule has 8 nitrogen and oxygen atoms in total. The Morgan fingerprint density at radius 1 is 1.19 bits per heavy atom. The number of aryl methyl sites for hydroxylation is 1. The van der Waals surface area contributed by atoms with Gasteiger partial charge in [-0.15, -0.1) is 0 Å².